The topological polar surface area (TPSA) is 109 Å². The van der Waals surface area contributed by atoms with Gasteiger partial charge in [0.1, 0.15) is 12.0 Å². The molecule has 0 fully saturated rings. The summed E-state index contributed by atoms with van der Waals surface area (Å²) >= 11 is 0. The van der Waals surface area contributed by atoms with Gasteiger partial charge < -0.3 is 24.4 Å². The van der Waals surface area contributed by atoms with E-state index in [9.17, 15) is 14.4 Å². The van der Waals surface area contributed by atoms with Crippen LogP contribution in [0.4, 0.5) is 5.69 Å². The van der Waals surface area contributed by atoms with Crippen molar-refractivity contribution < 1.29 is 29.0 Å². The Morgan fingerprint density at radius 2 is 2.00 bits per heavy atom. The van der Waals surface area contributed by atoms with E-state index in [1.807, 2.05) is 56.3 Å². The van der Waals surface area contributed by atoms with Gasteiger partial charge in [0.25, 0.3) is 12.4 Å². The lowest BCUT2D eigenvalue weighted by atomic mass is 10.0. The van der Waals surface area contributed by atoms with Gasteiger partial charge in [-0.3, -0.25) is 9.59 Å². The number of carbonyl (C=O) groups excluding carboxylic acids is 2. The number of amides is 1. The molecule has 1 amide bonds. The first-order chi connectivity index (χ1) is 15.8. The number of hydrogen-bond acceptors (Lipinski definition) is 7. The summed E-state index contributed by atoms with van der Waals surface area (Å²) in [5, 5.41) is 9.68. The number of nitrogens with zero attached hydrogens (tertiary/aromatic N) is 3. The summed E-state index contributed by atoms with van der Waals surface area (Å²) in [4.78, 5) is 41.0. The summed E-state index contributed by atoms with van der Waals surface area (Å²) in [6, 6.07) is 9.80. The van der Waals surface area contributed by atoms with Crippen LogP contribution in [0.1, 0.15) is 15.9 Å². The molecule has 2 aromatic carbocycles. The molecule has 0 aliphatic carbocycles. The number of likely N-dealkylation sites (N-methyl/N-ethyl adjacent to an activating group) is 1. The molecule has 172 valence electrons. The Balaban J connectivity index is 0.000000331. The Bertz CT molecular complexity index is 1250. The van der Waals surface area contributed by atoms with Gasteiger partial charge in [-0.15, -0.1) is 0 Å². The number of hydrogen-bond donors (Lipinski definition) is 1. The second-order valence-electron chi connectivity index (χ2n) is 7.63. The average molecular weight is 451 g/mol. The summed E-state index contributed by atoms with van der Waals surface area (Å²) in [6.07, 6.45) is 1.50. The molecule has 3 aromatic rings. The molecule has 1 aliphatic rings. The first kappa shape index (κ1) is 23.7. The molecule has 0 atom stereocenters. The lowest BCUT2D eigenvalue weighted by Gasteiger charge is -2.20. The van der Waals surface area contributed by atoms with E-state index in [4.69, 9.17) is 14.8 Å². The highest BCUT2D eigenvalue weighted by molar-refractivity contribution is 6.30. The number of ether oxygens (including phenoxy) is 2. The normalized spacial score (nSPS) is 12.4. The predicted octanol–water partition coefficient (Wildman–Crippen LogP) is 2.98. The van der Waals surface area contributed by atoms with Crippen molar-refractivity contribution in [1.29, 1.82) is 0 Å². The van der Waals surface area contributed by atoms with Gasteiger partial charge in [0, 0.05) is 23.9 Å². The Labute approximate surface area is 190 Å². The maximum atomic E-state index is 13.3. The molecule has 9 heteroatoms. The van der Waals surface area contributed by atoms with E-state index in [2.05, 4.69) is 9.64 Å². The molecule has 0 saturated heterocycles. The van der Waals surface area contributed by atoms with Gasteiger partial charge in [0.2, 0.25) is 0 Å². The molecule has 9 nitrogen and oxygen atoms in total. The largest absolute Gasteiger partial charge is 0.497 e. The number of carboxylic acids is 1. The zero-order valence-corrected chi connectivity index (χ0v) is 18.9. The van der Waals surface area contributed by atoms with Crippen molar-refractivity contribution in [3.63, 3.8) is 0 Å². The van der Waals surface area contributed by atoms with Crippen molar-refractivity contribution in [1.82, 2.24) is 9.88 Å². The number of anilines is 1. The Morgan fingerprint density at radius 3 is 2.64 bits per heavy atom. The van der Waals surface area contributed by atoms with Gasteiger partial charge in [0.05, 0.1) is 35.5 Å². The van der Waals surface area contributed by atoms with E-state index in [0.29, 0.717) is 12.6 Å². The van der Waals surface area contributed by atoms with Crippen LogP contribution < -0.4 is 9.64 Å². The van der Waals surface area contributed by atoms with Gasteiger partial charge in [-0.25, -0.2) is 9.78 Å². The van der Waals surface area contributed by atoms with E-state index in [1.165, 1.54) is 0 Å². The number of pyridine rings is 1. The van der Waals surface area contributed by atoms with Gasteiger partial charge in [-0.2, -0.15) is 0 Å². The van der Waals surface area contributed by atoms with Crippen LogP contribution in [0.5, 0.6) is 5.75 Å². The number of benzene rings is 2. The van der Waals surface area contributed by atoms with Gasteiger partial charge >= 0.3 is 5.97 Å². The van der Waals surface area contributed by atoms with E-state index < -0.39 is 5.97 Å². The van der Waals surface area contributed by atoms with Gasteiger partial charge in [-0.1, -0.05) is 6.07 Å². The second kappa shape index (κ2) is 10.1. The zero-order chi connectivity index (χ0) is 24.1. The minimum Gasteiger partial charge on any atom is -0.497 e. The van der Waals surface area contributed by atoms with Crippen molar-refractivity contribution >= 4 is 45.8 Å². The summed E-state index contributed by atoms with van der Waals surface area (Å²) < 4.78 is 9.26. The number of carbonyl (C=O) groups is 3. The van der Waals surface area contributed by atoms with Crippen LogP contribution in [-0.2, 0) is 14.3 Å². The van der Waals surface area contributed by atoms with Crippen molar-refractivity contribution in [2.24, 2.45) is 0 Å². The molecule has 0 radical (unpaired) electrons. The van der Waals surface area contributed by atoms with E-state index in [1.54, 1.807) is 7.11 Å². The van der Waals surface area contributed by atoms with Crippen LogP contribution in [0, 0.1) is 6.92 Å². The fourth-order valence-corrected chi connectivity index (χ4v) is 3.61. The zero-order valence-electron chi connectivity index (χ0n) is 18.9. The number of aromatic nitrogens is 1. The molecule has 0 spiro atoms. The van der Waals surface area contributed by atoms with Crippen molar-refractivity contribution in [3.8, 4) is 5.75 Å². The first-order valence-electron chi connectivity index (χ1n) is 10.1. The summed E-state index contributed by atoms with van der Waals surface area (Å²) in [5.41, 5.74) is 4.52. The van der Waals surface area contributed by atoms with Gasteiger partial charge in [-0.05, 0) is 50.8 Å². The molecule has 2 heterocycles. The average Bonchev–Trinajstić information content (AvgIpc) is 3.07. The summed E-state index contributed by atoms with van der Waals surface area (Å²) in [7, 11) is 5.66. The third kappa shape index (κ3) is 4.93. The quantitative estimate of drug-likeness (QED) is 0.253. The molecule has 33 heavy (non-hydrogen) atoms. The van der Waals surface area contributed by atoms with E-state index >= 15 is 0 Å². The summed E-state index contributed by atoms with van der Waals surface area (Å²) in [6.45, 7) is 3.64. The molecule has 0 saturated carbocycles. The molecule has 0 unspecified atom stereocenters. The molecule has 1 aliphatic heterocycles. The van der Waals surface area contributed by atoms with Crippen LogP contribution in [0.15, 0.2) is 42.7 Å². The standard InChI is InChI=1S/C20H21N3O2.C4H4O4/c1-12-5-8-16-18-17(20(24)23(16)10-9-22(2)3)14-11-13(25-4)6-7-15(14)21-19(12)18;5-3-8-2-1-4(6)7/h5-8,11H,9-10H2,1-4H3;1-3H,(H,6,7)/b;2-1+. The van der Waals surface area contributed by atoms with E-state index in [-0.39, 0.29) is 12.4 Å². The highest BCUT2D eigenvalue weighted by Crippen LogP contribution is 2.41. The van der Waals surface area contributed by atoms with Crippen LogP contribution in [-0.4, -0.2) is 67.6 Å². The second-order valence-corrected chi connectivity index (χ2v) is 7.63. The number of aliphatic carboxylic acids is 1. The summed E-state index contributed by atoms with van der Waals surface area (Å²) in [5.74, 6) is -0.362. The minimum atomic E-state index is -1.15. The monoisotopic (exact) mass is 451 g/mol. The molecule has 0 bridgehead atoms. The molecular weight excluding hydrogens is 426 g/mol. The van der Waals surface area contributed by atoms with Crippen molar-refractivity contribution in [2.75, 3.05) is 39.2 Å². The van der Waals surface area contributed by atoms with Crippen LogP contribution >= 0.6 is 0 Å². The lowest BCUT2D eigenvalue weighted by Crippen LogP contribution is -2.34. The predicted molar refractivity (Wildman–Crippen MR) is 125 cm³/mol. The number of rotatable bonds is 7. The fraction of sp³-hybridized carbons (Fsp3) is 0.250. The lowest BCUT2D eigenvalue weighted by molar-refractivity contribution is -0.131. The van der Waals surface area contributed by atoms with Crippen LogP contribution in [0.3, 0.4) is 0 Å². The molecule has 1 N–H and O–H groups in total. The van der Waals surface area contributed by atoms with Crippen molar-refractivity contribution in [3.05, 3.63) is 53.8 Å². The fourth-order valence-electron chi connectivity index (χ4n) is 3.61. The third-order valence-electron chi connectivity index (χ3n) is 5.18. The number of methoxy groups -OCH3 is 1. The third-order valence-corrected chi connectivity index (χ3v) is 5.18. The highest BCUT2D eigenvalue weighted by Gasteiger charge is 2.32. The number of aryl methyl sites for hydroxylation is 1. The molecule has 4 rings (SSSR count). The molecule has 1 aromatic heterocycles. The SMILES string of the molecule is COc1ccc2nc3c(C)ccc4c3c(c2c1)C(=O)N4CCN(C)C.O=CO/C=C/C(=O)O. The minimum absolute atomic E-state index is 0.0492. The van der Waals surface area contributed by atoms with Crippen LogP contribution in [0.2, 0.25) is 0 Å². The Morgan fingerprint density at radius 1 is 1.24 bits per heavy atom. The maximum Gasteiger partial charge on any atom is 0.331 e. The van der Waals surface area contributed by atoms with Gasteiger partial charge in [0.15, 0.2) is 0 Å². The molecular formula is C24H25N3O6. The maximum absolute atomic E-state index is 13.3. The Kier molecular flexibility index (Phi) is 7.24. The smallest absolute Gasteiger partial charge is 0.331 e. The number of fused-ring (bicyclic) bond motifs is 2. The number of carboxylic acid groups (broad SMARTS) is 1. The van der Waals surface area contributed by atoms with Crippen LogP contribution in [0.25, 0.3) is 21.8 Å². The van der Waals surface area contributed by atoms with E-state index in [0.717, 1.165) is 57.2 Å². The van der Waals surface area contributed by atoms with Crippen molar-refractivity contribution in [2.45, 2.75) is 6.92 Å². The highest BCUT2D eigenvalue weighted by atomic mass is 16.5. The first-order valence-corrected chi connectivity index (χ1v) is 10.1. The Hall–Kier alpha value is -3.98.